The lowest BCUT2D eigenvalue weighted by molar-refractivity contribution is 0.0746. The van der Waals surface area contributed by atoms with E-state index in [9.17, 15) is 4.79 Å². The third-order valence-electron chi connectivity index (χ3n) is 5.86. The molecule has 0 N–H and O–H groups in total. The van der Waals surface area contributed by atoms with E-state index in [0.29, 0.717) is 13.1 Å². The number of amides is 1. The number of piperazine rings is 1. The van der Waals surface area contributed by atoms with Crippen LogP contribution in [0, 0.1) is 6.92 Å². The third-order valence-corrected chi connectivity index (χ3v) is 5.86. The second-order valence-electron chi connectivity index (χ2n) is 8.05. The Balaban J connectivity index is 1.38. The summed E-state index contributed by atoms with van der Waals surface area (Å²) >= 11 is 0. The van der Waals surface area contributed by atoms with Crippen LogP contribution in [0.3, 0.4) is 0 Å². The molecule has 1 aliphatic rings. The Hall–Kier alpha value is -2.95. The molecule has 30 heavy (non-hydrogen) atoms. The van der Waals surface area contributed by atoms with Gasteiger partial charge in [0.25, 0.3) is 5.91 Å². The van der Waals surface area contributed by atoms with Crippen molar-refractivity contribution in [3.05, 3.63) is 65.4 Å². The van der Waals surface area contributed by atoms with Gasteiger partial charge >= 0.3 is 0 Å². The number of nitrogens with zero attached hydrogens (tertiary/aromatic N) is 4. The summed E-state index contributed by atoms with van der Waals surface area (Å²) < 4.78 is 0. The Bertz CT molecular complexity index is 1010. The van der Waals surface area contributed by atoms with E-state index >= 15 is 0 Å². The summed E-state index contributed by atoms with van der Waals surface area (Å²) in [6.45, 7) is 7.17. The Morgan fingerprint density at radius 2 is 1.57 bits per heavy atom. The van der Waals surface area contributed by atoms with Crippen LogP contribution < -0.4 is 4.90 Å². The molecule has 1 fully saturated rings. The maximum absolute atomic E-state index is 12.9. The van der Waals surface area contributed by atoms with Gasteiger partial charge in [0.1, 0.15) is 0 Å². The maximum Gasteiger partial charge on any atom is 0.253 e. The molecule has 1 aliphatic heterocycles. The summed E-state index contributed by atoms with van der Waals surface area (Å²) in [5.74, 6) is 1.05. The minimum atomic E-state index is 0.121. The van der Waals surface area contributed by atoms with Gasteiger partial charge in [-0.25, -0.2) is 9.97 Å². The van der Waals surface area contributed by atoms with Crippen molar-refractivity contribution in [1.29, 1.82) is 0 Å². The lowest BCUT2D eigenvalue weighted by Crippen LogP contribution is -2.49. The van der Waals surface area contributed by atoms with Crippen molar-refractivity contribution in [2.45, 2.75) is 39.5 Å². The van der Waals surface area contributed by atoms with Gasteiger partial charge in [-0.05, 0) is 49.6 Å². The Kier molecular flexibility index (Phi) is 6.26. The van der Waals surface area contributed by atoms with Crippen LogP contribution in [0.15, 0.2) is 48.5 Å². The van der Waals surface area contributed by atoms with Gasteiger partial charge in [-0.2, -0.15) is 0 Å². The molecule has 0 spiro atoms. The second kappa shape index (κ2) is 9.24. The van der Waals surface area contributed by atoms with E-state index in [2.05, 4.69) is 24.0 Å². The van der Waals surface area contributed by atoms with Gasteiger partial charge in [-0.15, -0.1) is 0 Å². The molecule has 1 saturated heterocycles. The average molecular weight is 403 g/mol. The fourth-order valence-corrected chi connectivity index (χ4v) is 4.08. The average Bonchev–Trinajstić information content (AvgIpc) is 2.79. The van der Waals surface area contributed by atoms with Crippen LogP contribution >= 0.6 is 0 Å². The molecule has 5 nitrogen and oxygen atoms in total. The Morgan fingerprint density at radius 1 is 0.900 bits per heavy atom. The van der Waals surface area contributed by atoms with Gasteiger partial charge in [0.05, 0.1) is 16.7 Å². The lowest BCUT2D eigenvalue weighted by Gasteiger charge is -2.36. The highest BCUT2D eigenvalue weighted by Crippen LogP contribution is 2.22. The van der Waals surface area contributed by atoms with Crippen LogP contribution in [0.2, 0.25) is 0 Å². The number of aryl methyl sites for hydroxylation is 2. The number of benzene rings is 2. The smallest absolute Gasteiger partial charge is 0.253 e. The molecule has 2 heterocycles. The van der Waals surface area contributed by atoms with Crippen molar-refractivity contribution in [2.75, 3.05) is 31.1 Å². The maximum atomic E-state index is 12.9. The largest absolute Gasteiger partial charge is 0.352 e. The minimum Gasteiger partial charge on any atom is -0.352 e. The molecule has 5 heteroatoms. The molecular formula is C25H30N4O. The molecule has 0 atom stereocenters. The molecule has 156 valence electrons. The van der Waals surface area contributed by atoms with E-state index < -0.39 is 0 Å². The van der Waals surface area contributed by atoms with E-state index in [4.69, 9.17) is 9.97 Å². The van der Waals surface area contributed by atoms with Gasteiger partial charge in [0, 0.05) is 31.7 Å². The van der Waals surface area contributed by atoms with Gasteiger partial charge in [0.2, 0.25) is 0 Å². The van der Waals surface area contributed by atoms with Crippen LogP contribution in [0.4, 0.5) is 5.82 Å². The van der Waals surface area contributed by atoms with E-state index in [0.717, 1.165) is 47.6 Å². The second-order valence-corrected chi connectivity index (χ2v) is 8.05. The van der Waals surface area contributed by atoms with Crippen molar-refractivity contribution in [3.8, 4) is 0 Å². The first-order valence-corrected chi connectivity index (χ1v) is 11.0. The Morgan fingerprint density at radius 3 is 2.23 bits per heavy atom. The van der Waals surface area contributed by atoms with Crippen LogP contribution in [0.5, 0.6) is 0 Å². The van der Waals surface area contributed by atoms with Crippen LogP contribution in [0.1, 0.15) is 47.8 Å². The minimum absolute atomic E-state index is 0.121. The predicted molar refractivity (Wildman–Crippen MR) is 122 cm³/mol. The zero-order valence-electron chi connectivity index (χ0n) is 18.0. The molecule has 0 bridgehead atoms. The number of hydrogen-bond acceptors (Lipinski definition) is 4. The fraction of sp³-hybridized carbons (Fsp3) is 0.400. The normalized spacial score (nSPS) is 14.3. The van der Waals surface area contributed by atoms with Crippen molar-refractivity contribution < 1.29 is 4.79 Å². The summed E-state index contributed by atoms with van der Waals surface area (Å²) in [6.07, 6.45) is 4.79. The monoisotopic (exact) mass is 402 g/mol. The SMILES string of the molecule is CCCCCc1ccc(C(=O)N2CCN(c3nc4ccccc4nc3C)CC2)cc1. The quantitative estimate of drug-likeness (QED) is 0.564. The van der Waals surface area contributed by atoms with Crippen molar-refractivity contribution in [2.24, 2.45) is 0 Å². The zero-order chi connectivity index (χ0) is 20.9. The first kappa shape index (κ1) is 20.3. The van der Waals surface area contributed by atoms with Gasteiger partial charge in [-0.1, -0.05) is 44.0 Å². The van der Waals surface area contributed by atoms with Crippen LogP contribution in [-0.4, -0.2) is 47.0 Å². The van der Waals surface area contributed by atoms with E-state index in [-0.39, 0.29) is 5.91 Å². The highest BCUT2D eigenvalue weighted by Gasteiger charge is 2.24. The van der Waals surface area contributed by atoms with Gasteiger partial charge in [-0.3, -0.25) is 4.79 Å². The van der Waals surface area contributed by atoms with Crippen molar-refractivity contribution in [1.82, 2.24) is 14.9 Å². The first-order chi connectivity index (χ1) is 14.7. The molecule has 1 amide bonds. The molecule has 2 aromatic carbocycles. The molecule has 0 saturated carbocycles. The number of unbranched alkanes of at least 4 members (excludes halogenated alkanes) is 2. The number of anilines is 1. The van der Waals surface area contributed by atoms with Crippen molar-refractivity contribution >= 4 is 22.8 Å². The molecule has 3 aromatic rings. The van der Waals surface area contributed by atoms with Gasteiger partial charge < -0.3 is 9.80 Å². The number of carbonyl (C=O) groups excluding carboxylic acids is 1. The molecule has 4 rings (SSSR count). The summed E-state index contributed by atoms with van der Waals surface area (Å²) in [4.78, 5) is 26.7. The third kappa shape index (κ3) is 4.45. The molecular weight excluding hydrogens is 372 g/mol. The number of carbonyl (C=O) groups is 1. The van der Waals surface area contributed by atoms with E-state index in [1.807, 2.05) is 48.2 Å². The number of para-hydroxylation sites is 2. The number of aromatic nitrogens is 2. The highest BCUT2D eigenvalue weighted by molar-refractivity contribution is 5.94. The molecule has 0 aliphatic carbocycles. The van der Waals surface area contributed by atoms with E-state index in [1.54, 1.807) is 0 Å². The summed E-state index contributed by atoms with van der Waals surface area (Å²) in [5.41, 5.74) is 4.87. The molecule has 0 radical (unpaired) electrons. The summed E-state index contributed by atoms with van der Waals surface area (Å²) in [7, 11) is 0. The standard InChI is InChI=1S/C25H30N4O/c1-3-4-5-8-20-11-13-21(14-12-20)25(30)29-17-15-28(16-18-29)24-19(2)26-22-9-6-7-10-23(22)27-24/h6-7,9-14H,3-5,8,15-18H2,1-2H3. The number of rotatable bonds is 6. The van der Waals surface area contributed by atoms with Crippen molar-refractivity contribution in [3.63, 3.8) is 0 Å². The summed E-state index contributed by atoms with van der Waals surface area (Å²) in [5, 5.41) is 0. The number of fused-ring (bicyclic) bond motifs is 1. The first-order valence-electron chi connectivity index (χ1n) is 11.0. The highest BCUT2D eigenvalue weighted by atomic mass is 16.2. The molecule has 0 unspecified atom stereocenters. The van der Waals surface area contributed by atoms with E-state index in [1.165, 1.54) is 24.8 Å². The predicted octanol–water partition coefficient (Wildman–Crippen LogP) is 4.63. The fourth-order valence-electron chi connectivity index (χ4n) is 4.08. The zero-order valence-corrected chi connectivity index (χ0v) is 18.0. The lowest BCUT2D eigenvalue weighted by atomic mass is 10.0. The van der Waals surface area contributed by atoms with Gasteiger partial charge in [0.15, 0.2) is 5.82 Å². The van der Waals surface area contributed by atoms with Crippen LogP contribution in [0.25, 0.3) is 11.0 Å². The molecule has 1 aromatic heterocycles. The van der Waals surface area contributed by atoms with Crippen LogP contribution in [-0.2, 0) is 6.42 Å². The summed E-state index contributed by atoms with van der Waals surface area (Å²) in [6, 6.07) is 16.1. The Labute approximate surface area is 178 Å². The topological polar surface area (TPSA) is 49.3 Å². The number of hydrogen-bond donors (Lipinski definition) is 0.